The maximum absolute atomic E-state index is 12.9. The average molecular weight is 478 g/mol. The number of rotatable bonds is 6. The van der Waals surface area contributed by atoms with E-state index in [2.05, 4.69) is 25.7 Å². The summed E-state index contributed by atoms with van der Waals surface area (Å²) in [5, 5.41) is 9.87. The van der Waals surface area contributed by atoms with Crippen LogP contribution in [-0.2, 0) is 4.74 Å². The Morgan fingerprint density at radius 1 is 1.06 bits per heavy atom. The van der Waals surface area contributed by atoms with Gasteiger partial charge in [0.25, 0.3) is 11.8 Å². The quantitative estimate of drug-likeness (QED) is 0.554. The summed E-state index contributed by atoms with van der Waals surface area (Å²) in [7, 11) is 0. The number of pyridine rings is 1. The van der Waals surface area contributed by atoms with Gasteiger partial charge in [0.2, 0.25) is 5.76 Å². The van der Waals surface area contributed by atoms with Crippen molar-refractivity contribution in [1.82, 2.24) is 15.5 Å². The molecular weight excluding hydrogens is 446 g/mol. The third-order valence-corrected chi connectivity index (χ3v) is 5.65. The molecule has 0 radical (unpaired) electrons. The first-order valence-electron chi connectivity index (χ1n) is 11.6. The predicted octanol–water partition coefficient (Wildman–Crippen LogP) is 3.91. The van der Waals surface area contributed by atoms with E-state index in [-0.39, 0.29) is 23.0 Å². The van der Waals surface area contributed by atoms with Gasteiger partial charge in [0.05, 0.1) is 30.7 Å². The van der Waals surface area contributed by atoms with Gasteiger partial charge >= 0.3 is 0 Å². The minimum atomic E-state index is -0.312. The minimum absolute atomic E-state index is 0.0428. The number of aryl methyl sites for hydroxylation is 1. The molecule has 2 amide bonds. The van der Waals surface area contributed by atoms with Gasteiger partial charge in [-0.15, -0.1) is 0 Å². The molecule has 0 spiro atoms. The highest BCUT2D eigenvalue weighted by Gasteiger charge is 2.19. The lowest BCUT2D eigenvalue weighted by atomic mass is 9.97. The summed E-state index contributed by atoms with van der Waals surface area (Å²) in [4.78, 5) is 31.8. The number of nitrogens with one attached hydrogen (secondary N) is 2. The molecule has 0 atom stereocenters. The Labute approximate surface area is 204 Å². The molecule has 9 heteroatoms. The molecule has 0 unspecified atom stereocenters. The van der Waals surface area contributed by atoms with E-state index < -0.39 is 0 Å². The number of aromatic nitrogens is 2. The summed E-state index contributed by atoms with van der Waals surface area (Å²) < 4.78 is 10.7. The smallest absolute Gasteiger partial charge is 0.289 e. The Bertz CT molecular complexity index is 1210. The van der Waals surface area contributed by atoms with Gasteiger partial charge in [-0.1, -0.05) is 32.0 Å². The number of carbonyl (C=O) groups is 2. The summed E-state index contributed by atoms with van der Waals surface area (Å²) in [6, 6.07) is 8.99. The molecule has 3 heterocycles. The number of hydrogen-bond acceptors (Lipinski definition) is 7. The van der Waals surface area contributed by atoms with Crippen molar-refractivity contribution < 1.29 is 18.8 Å². The van der Waals surface area contributed by atoms with Crippen LogP contribution in [-0.4, -0.2) is 54.8 Å². The van der Waals surface area contributed by atoms with Crippen LogP contribution in [0.25, 0.3) is 11.3 Å². The second kappa shape index (κ2) is 10.3. The molecule has 3 aromatic rings. The van der Waals surface area contributed by atoms with Crippen LogP contribution in [0.15, 0.2) is 47.2 Å². The van der Waals surface area contributed by atoms with E-state index in [9.17, 15) is 9.59 Å². The maximum atomic E-state index is 12.9. The van der Waals surface area contributed by atoms with E-state index in [1.54, 1.807) is 18.5 Å². The molecule has 1 saturated heterocycles. The third-order valence-electron chi connectivity index (χ3n) is 5.65. The van der Waals surface area contributed by atoms with Crippen LogP contribution in [0.5, 0.6) is 0 Å². The van der Waals surface area contributed by atoms with Gasteiger partial charge in [-0.3, -0.25) is 14.6 Å². The highest BCUT2D eigenvalue weighted by Crippen LogP contribution is 2.27. The molecule has 9 nitrogen and oxygen atoms in total. The zero-order valence-electron chi connectivity index (χ0n) is 20.6. The lowest BCUT2D eigenvalue weighted by molar-refractivity contribution is 0.0902. The first-order valence-corrected chi connectivity index (χ1v) is 11.6. The van der Waals surface area contributed by atoms with Crippen LogP contribution in [0.4, 0.5) is 11.4 Å². The molecule has 0 bridgehead atoms. The normalized spacial score (nSPS) is 14.0. The van der Waals surface area contributed by atoms with Crippen LogP contribution in [0.1, 0.15) is 47.2 Å². The molecule has 1 aliphatic heterocycles. The zero-order valence-corrected chi connectivity index (χ0v) is 20.6. The number of carbonyl (C=O) groups excluding carboxylic acids is 2. The van der Waals surface area contributed by atoms with E-state index >= 15 is 0 Å². The summed E-state index contributed by atoms with van der Waals surface area (Å²) in [5.74, 6) is -0.428. The van der Waals surface area contributed by atoms with Crippen molar-refractivity contribution in [2.24, 2.45) is 5.41 Å². The Morgan fingerprint density at radius 2 is 1.83 bits per heavy atom. The van der Waals surface area contributed by atoms with Crippen molar-refractivity contribution in [3.8, 4) is 11.3 Å². The molecule has 35 heavy (non-hydrogen) atoms. The number of ether oxygens (including phenoxy) is 1. The second-order valence-electron chi connectivity index (χ2n) is 9.83. The van der Waals surface area contributed by atoms with Crippen molar-refractivity contribution in [3.05, 3.63) is 59.6 Å². The maximum Gasteiger partial charge on any atom is 0.289 e. The molecule has 1 aromatic carbocycles. The summed E-state index contributed by atoms with van der Waals surface area (Å²) in [5.41, 5.74) is 4.15. The number of anilines is 2. The van der Waals surface area contributed by atoms with Gasteiger partial charge in [-0.2, -0.15) is 0 Å². The first-order chi connectivity index (χ1) is 16.7. The van der Waals surface area contributed by atoms with Gasteiger partial charge in [-0.25, -0.2) is 0 Å². The van der Waals surface area contributed by atoms with Crippen LogP contribution >= 0.6 is 0 Å². The molecule has 2 N–H and O–H groups in total. The van der Waals surface area contributed by atoms with Gasteiger partial charge in [0.15, 0.2) is 0 Å². The average Bonchev–Trinajstić information content (AvgIpc) is 3.34. The molecule has 184 valence electrons. The zero-order chi connectivity index (χ0) is 25.0. The van der Waals surface area contributed by atoms with Crippen LogP contribution < -0.4 is 15.5 Å². The molecule has 1 fully saturated rings. The highest BCUT2D eigenvalue weighted by atomic mass is 16.5. The van der Waals surface area contributed by atoms with E-state index in [0.717, 1.165) is 29.9 Å². The number of hydrogen-bond donors (Lipinski definition) is 2. The van der Waals surface area contributed by atoms with E-state index in [1.165, 1.54) is 0 Å². The fourth-order valence-corrected chi connectivity index (χ4v) is 3.67. The lowest BCUT2D eigenvalue weighted by Crippen LogP contribution is -2.36. The first kappa shape index (κ1) is 24.4. The van der Waals surface area contributed by atoms with Gasteiger partial charge in [-0.05, 0) is 36.1 Å². The molecule has 4 rings (SSSR count). The number of nitrogens with zero attached hydrogens (tertiary/aromatic N) is 3. The lowest BCUT2D eigenvalue weighted by Gasteiger charge is -2.28. The van der Waals surface area contributed by atoms with Crippen LogP contribution in [0, 0.1) is 12.3 Å². The number of morpholine rings is 1. The Morgan fingerprint density at radius 3 is 2.57 bits per heavy atom. The topological polar surface area (TPSA) is 110 Å². The Hall–Kier alpha value is -3.72. The number of amides is 2. The van der Waals surface area contributed by atoms with Gasteiger partial charge in [0, 0.05) is 43.1 Å². The third kappa shape index (κ3) is 6.24. The van der Waals surface area contributed by atoms with Crippen molar-refractivity contribution in [2.75, 3.05) is 43.1 Å². The monoisotopic (exact) mass is 477 g/mol. The molecule has 2 aromatic heterocycles. The van der Waals surface area contributed by atoms with Crippen molar-refractivity contribution >= 4 is 23.2 Å². The fourth-order valence-electron chi connectivity index (χ4n) is 3.67. The van der Waals surface area contributed by atoms with Crippen molar-refractivity contribution in [1.29, 1.82) is 0 Å². The van der Waals surface area contributed by atoms with Crippen LogP contribution in [0.3, 0.4) is 0 Å². The van der Waals surface area contributed by atoms with E-state index in [0.29, 0.717) is 36.7 Å². The largest absolute Gasteiger partial charge is 0.378 e. The fraction of sp³-hybridized carbons (Fsp3) is 0.385. The summed E-state index contributed by atoms with van der Waals surface area (Å²) >= 11 is 0. The van der Waals surface area contributed by atoms with E-state index in [1.807, 2.05) is 52.0 Å². The SMILES string of the molecule is Cc1ccc(NC(=O)c2cncc(N3CCOCC3)c2)cc1-c1cc(C(=O)NCC(C)(C)C)on1. The van der Waals surface area contributed by atoms with E-state index in [4.69, 9.17) is 9.26 Å². The summed E-state index contributed by atoms with van der Waals surface area (Å²) in [6.45, 7) is 11.4. The second-order valence-corrected chi connectivity index (χ2v) is 9.83. The van der Waals surface area contributed by atoms with Gasteiger partial charge < -0.3 is 24.8 Å². The molecule has 1 aliphatic rings. The Kier molecular flexibility index (Phi) is 7.16. The van der Waals surface area contributed by atoms with Crippen LogP contribution in [0.2, 0.25) is 0 Å². The predicted molar refractivity (Wildman–Crippen MR) is 134 cm³/mol. The molecule has 0 aliphatic carbocycles. The molecular formula is C26H31N5O4. The molecule has 0 saturated carbocycles. The minimum Gasteiger partial charge on any atom is -0.378 e. The Balaban J connectivity index is 1.48. The standard InChI is InChI=1S/C26H31N5O4/c1-17-5-6-19(12-21(17)22-13-23(35-30-22)25(33)28-16-26(2,3)4)29-24(32)18-11-20(15-27-14-18)31-7-9-34-10-8-31/h5-6,11-15H,7-10,16H2,1-4H3,(H,28,33)(H,29,32). The van der Waals surface area contributed by atoms with Crippen molar-refractivity contribution in [2.45, 2.75) is 27.7 Å². The van der Waals surface area contributed by atoms with Gasteiger partial charge in [0.1, 0.15) is 5.69 Å². The number of benzene rings is 1. The highest BCUT2D eigenvalue weighted by molar-refractivity contribution is 6.05. The van der Waals surface area contributed by atoms with Crippen molar-refractivity contribution in [3.63, 3.8) is 0 Å². The summed E-state index contributed by atoms with van der Waals surface area (Å²) in [6.07, 6.45) is 3.31.